The zero-order valence-electron chi connectivity index (χ0n) is 13.1. The van der Waals surface area contributed by atoms with Crippen molar-refractivity contribution in [2.24, 2.45) is 0 Å². The van der Waals surface area contributed by atoms with Crippen molar-refractivity contribution in [3.8, 4) is 11.5 Å². The standard InChI is InChI=1S/C14H23N5O/c1-9(15-6)7-12-17-13(20-18-12)11-8-16-19(10(11)2)14(3,4)5/h8-9,15H,7H2,1-6H3. The summed E-state index contributed by atoms with van der Waals surface area (Å²) >= 11 is 0. The lowest BCUT2D eigenvalue weighted by Crippen LogP contribution is -2.24. The van der Waals surface area contributed by atoms with E-state index in [1.807, 2.05) is 18.7 Å². The molecule has 0 aliphatic heterocycles. The average molecular weight is 277 g/mol. The van der Waals surface area contributed by atoms with E-state index in [0.717, 1.165) is 17.7 Å². The van der Waals surface area contributed by atoms with Gasteiger partial charge in [-0.1, -0.05) is 5.16 Å². The van der Waals surface area contributed by atoms with Crippen molar-refractivity contribution in [1.82, 2.24) is 25.2 Å². The summed E-state index contributed by atoms with van der Waals surface area (Å²) in [4.78, 5) is 4.45. The van der Waals surface area contributed by atoms with Crippen LogP contribution in [0.1, 0.15) is 39.2 Å². The molecule has 1 atom stereocenters. The van der Waals surface area contributed by atoms with Crippen LogP contribution in [0.4, 0.5) is 0 Å². The number of aromatic nitrogens is 4. The lowest BCUT2D eigenvalue weighted by atomic mass is 10.1. The highest BCUT2D eigenvalue weighted by Gasteiger charge is 2.21. The third-order valence-electron chi connectivity index (χ3n) is 3.33. The van der Waals surface area contributed by atoms with Crippen LogP contribution >= 0.6 is 0 Å². The van der Waals surface area contributed by atoms with E-state index in [4.69, 9.17) is 4.52 Å². The fourth-order valence-corrected chi connectivity index (χ4v) is 2.12. The van der Waals surface area contributed by atoms with Crippen LogP contribution in [0.5, 0.6) is 0 Å². The van der Waals surface area contributed by atoms with E-state index >= 15 is 0 Å². The molecular formula is C14H23N5O. The third-order valence-corrected chi connectivity index (χ3v) is 3.33. The van der Waals surface area contributed by atoms with Crippen LogP contribution in [-0.2, 0) is 12.0 Å². The molecule has 1 unspecified atom stereocenters. The second-order valence-corrected chi connectivity index (χ2v) is 6.14. The molecule has 0 aromatic carbocycles. The molecule has 0 amide bonds. The van der Waals surface area contributed by atoms with Gasteiger partial charge in [0, 0.05) is 18.2 Å². The number of likely N-dealkylation sites (N-methyl/N-ethyl adjacent to an activating group) is 1. The molecule has 0 saturated carbocycles. The molecule has 2 rings (SSSR count). The van der Waals surface area contributed by atoms with E-state index < -0.39 is 0 Å². The molecule has 0 fully saturated rings. The van der Waals surface area contributed by atoms with Gasteiger partial charge in [0.05, 0.1) is 17.3 Å². The minimum atomic E-state index is -0.0637. The Morgan fingerprint density at radius 3 is 2.65 bits per heavy atom. The highest BCUT2D eigenvalue weighted by atomic mass is 16.5. The molecule has 20 heavy (non-hydrogen) atoms. The first-order chi connectivity index (χ1) is 9.32. The van der Waals surface area contributed by atoms with Crippen molar-refractivity contribution in [1.29, 1.82) is 0 Å². The second-order valence-electron chi connectivity index (χ2n) is 6.14. The maximum Gasteiger partial charge on any atom is 0.261 e. The normalized spacial score (nSPS) is 13.7. The lowest BCUT2D eigenvalue weighted by Gasteiger charge is -2.21. The van der Waals surface area contributed by atoms with Crippen molar-refractivity contribution < 1.29 is 4.52 Å². The number of rotatable bonds is 4. The maximum atomic E-state index is 5.36. The Hall–Kier alpha value is -1.69. The van der Waals surface area contributed by atoms with Gasteiger partial charge in [-0.25, -0.2) is 0 Å². The van der Waals surface area contributed by atoms with Crippen molar-refractivity contribution in [2.75, 3.05) is 7.05 Å². The Balaban J connectivity index is 2.27. The van der Waals surface area contributed by atoms with Crippen molar-refractivity contribution in [3.05, 3.63) is 17.7 Å². The smallest absolute Gasteiger partial charge is 0.261 e. The van der Waals surface area contributed by atoms with Gasteiger partial charge in [-0.2, -0.15) is 10.1 Å². The van der Waals surface area contributed by atoms with Crippen LogP contribution < -0.4 is 5.32 Å². The van der Waals surface area contributed by atoms with Crippen LogP contribution in [0.25, 0.3) is 11.5 Å². The van der Waals surface area contributed by atoms with Gasteiger partial charge >= 0.3 is 0 Å². The van der Waals surface area contributed by atoms with E-state index in [0.29, 0.717) is 17.8 Å². The predicted molar refractivity (Wildman–Crippen MR) is 77.5 cm³/mol. The molecule has 2 heterocycles. The molecule has 0 bridgehead atoms. The summed E-state index contributed by atoms with van der Waals surface area (Å²) in [5.41, 5.74) is 1.87. The van der Waals surface area contributed by atoms with Gasteiger partial charge in [0.1, 0.15) is 0 Å². The highest BCUT2D eigenvalue weighted by Crippen LogP contribution is 2.25. The zero-order valence-corrected chi connectivity index (χ0v) is 13.1. The number of nitrogens with zero attached hydrogens (tertiary/aromatic N) is 4. The zero-order chi connectivity index (χ0) is 14.9. The Kier molecular flexibility index (Phi) is 3.94. The SMILES string of the molecule is CNC(C)Cc1noc(-c2cnn(C(C)(C)C)c2C)n1. The molecule has 110 valence electrons. The average Bonchev–Trinajstić information content (AvgIpc) is 2.94. The van der Waals surface area contributed by atoms with Gasteiger partial charge in [0.25, 0.3) is 5.89 Å². The molecule has 6 heteroatoms. The molecule has 0 aliphatic rings. The number of hydrogen-bond donors (Lipinski definition) is 1. The molecular weight excluding hydrogens is 254 g/mol. The van der Waals surface area contributed by atoms with E-state index in [9.17, 15) is 0 Å². The molecule has 1 N–H and O–H groups in total. The van der Waals surface area contributed by atoms with Crippen molar-refractivity contribution in [2.45, 2.75) is 52.6 Å². The highest BCUT2D eigenvalue weighted by molar-refractivity contribution is 5.55. The van der Waals surface area contributed by atoms with Gasteiger partial charge in [-0.3, -0.25) is 4.68 Å². The van der Waals surface area contributed by atoms with Crippen LogP contribution in [0.2, 0.25) is 0 Å². The monoisotopic (exact) mass is 277 g/mol. The quantitative estimate of drug-likeness (QED) is 0.927. The number of nitrogens with one attached hydrogen (secondary N) is 1. The van der Waals surface area contributed by atoms with E-state index in [1.54, 1.807) is 6.20 Å². The molecule has 0 spiro atoms. The molecule has 0 radical (unpaired) electrons. The van der Waals surface area contributed by atoms with Crippen LogP contribution in [0.3, 0.4) is 0 Å². The fourth-order valence-electron chi connectivity index (χ4n) is 2.12. The van der Waals surface area contributed by atoms with Gasteiger partial charge in [-0.05, 0) is 41.7 Å². The minimum Gasteiger partial charge on any atom is -0.334 e. The first-order valence-electron chi connectivity index (χ1n) is 6.88. The second kappa shape index (κ2) is 5.36. The van der Waals surface area contributed by atoms with Crippen LogP contribution in [0.15, 0.2) is 10.7 Å². The van der Waals surface area contributed by atoms with Crippen LogP contribution in [-0.4, -0.2) is 33.0 Å². The first kappa shape index (κ1) is 14.7. The van der Waals surface area contributed by atoms with Gasteiger partial charge in [-0.15, -0.1) is 0 Å². The summed E-state index contributed by atoms with van der Waals surface area (Å²) in [5, 5.41) is 11.6. The molecule has 2 aromatic heterocycles. The maximum absolute atomic E-state index is 5.36. The summed E-state index contributed by atoms with van der Waals surface area (Å²) < 4.78 is 7.34. The van der Waals surface area contributed by atoms with E-state index in [-0.39, 0.29) is 5.54 Å². The van der Waals surface area contributed by atoms with Gasteiger partial charge in [0.15, 0.2) is 5.82 Å². The summed E-state index contributed by atoms with van der Waals surface area (Å²) in [6.45, 7) is 10.5. The van der Waals surface area contributed by atoms with Crippen molar-refractivity contribution in [3.63, 3.8) is 0 Å². The topological polar surface area (TPSA) is 68.8 Å². The fraction of sp³-hybridized carbons (Fsp3) is 0.643. The molecule has 0 saturated heterocycles. The summed E-state index contributed by atoms with van der Waals surface area (Å²) in [6, 6.07) is 0.318. The molecule has 2 aromatic rings. The van der Waals surface area contributed by atoms with Crippen LogP contribution in [0, 0.1) is 6.92 Å². The Bertz CT molecular complexity index is 579. The predicted octanol–water partition coefficient (Wildman–Crippen LogP) is 2.15. The van der Waals surface area contributed by atoms with E-state index in [1.165, 1.54) is 0 Å². The first-order valence-corrected chi connectivity index (χ1v) is 6.88. The molecule has 0 aliphatic carbocycles. The van der Waals surface area contributed by atoms with Gasteiger partial charge in [0.2, 0.25) is 0 Å². The third kappa shape index (κ3) is 2.90. The lowest BCUT2D eigenvalue weighted by molar-refractivity contribution is 0.348. The Labute approximate surface area is 119 Å². The van der Waals surface area contributed by atoms with Crippen molar-refractivity contribution >= 4 is 0 Å². The van der Waals surface area contributed by atoms with E-state index in [2.05, 4.69) is 48.3 Å². The van der Waals surface area contributed by atoms with Gasteiger partial charge < -0.3 is 9.84 Å². The summed E-state index contributed by atoms with van der Waals surface area (Å²) in [6.07, 6.45) is 2.53. The Morgan fingerprint density at radius 2 is 2.10 bits per heavy atom. The largest absolute Gasteiger partial charge is 0.334 e. The molecule has 6 nitrogen and oxygen atoms in total. The minimum absolute atomic E-state index is 0.0637. The summed E-state index contributed by atoms with van der Waals surface area (Å²) in [5.74, 6) is 1.25. The summed E-state index contributed by atoms with van der Waals surface area (Å²) in [7, 11) is 1.92. The Morgan fingerprint density at radius 1 is 1.40 bits per heavy atom. The number of hydrogen-bond acceptors (Lipinski definition) is 5.